The van der Waals surface area contributed by atoms with Crippen molar-refractivity contribution in [2.24, 2.45) is 0 Å². The minimum absolute atomic E-state index is 0.0125. The van der Waals surface area contributed by atoms with Crippen molar-refractivity contribution in [3.63, 3.8) is 0 Å². The number of aliphatic hydroxyl groups is 1. The van der Waals surface area contributed by atoms with Crippen LogP contribution in [0.5, 0.6) is 0 Å². The average Bonchev–Trinajstić information content (AvgIpc) is 2.85. The molecule has 1 N–H and O–H groups in total. The van der Waals surface area contributed by atoms with Gasteiger partial charge in [-0.2, -0.15) is 0 Å². The molecule has 0 spiro atoms. The summed E-state index contributed by atoms with van der Waals surface area (Å²) in [5.41, 5.74) is 1.95. The molecule has 0 saturated heterocycles. The van der Waals surface area contributed by atoms with E-state index in [2.05, 4.69) is 24.2 Å². The molecular weight excluding hydrogens is 190 g/mol. The highest BCUT2D eigenvalue weighted by Crippen LogP contribution is 2.36. The second-order valence-corrected chi connectivity index (χ2v) is 4.60. The smallest absolute Gasteiger partial charge is 0.112 e. The van der Waals surface area contributed by atoms with E-state index < -0.39 is 0 Å². The van der Waals surface area contributed by atoms with Crippen molar-refractivity contribution >= 4 is 0 Å². The molecule has 0 unspecified atom stereocenters. The zero-order valence-electron chi connectivity index (χ0n) is 9.48. The highest BCUT2D eigenvalue weighted by atomic mass is 16.3. The van der Waals surface area contributed by atoms with E-state index in [4.69, 9.17) is 0 Å². The van der Waals surface area contributed by atoms with Crippen molar-refractivity contribution in [2.45, 2.75) is 58.1 Å². The van der Waals surface area contributed by atoms with E-state index in [0.717, 1.165) is 5.69 Å². The Bertz CT molecular complexity index is 327. The average molecular weight is 209 g/mol. The molecule has 1 heterocycles. The number of hydrogen-bond donors (Lipinski definition) is 1. The van der Waals surface area contributed by atoms with Crippen LogP contribution in [0.25, 0.3) is 0 Å². The first kappa shape index (κ1) is 10.6. The van der Waals surface area contributed by atoms with Crippen LogP contribution in [0.2, 0.25) is 0 Å². The molecule has 15 heavy (non-hydrogen) atoms. The van der Waals surface area contributed by atoms with Gasteiger partial charge in [0.05, 0.1) is 12.3 Å². The number of aliphatic hydroxyl groups excluding tert-OH is 1. The molecule has 0 aliphatic heterocycles. The van der Waals surface area contributed by atoms with Crippen molar-refractivity contribution in [1.82, 2.24) is 15.0 Å². The lowest BCUT2D eigenvalue weighted by Crippen LogP contribution is -2.11. The van der Waals surface area contributed by atoms with Crippen LogP contribution in [0.15, 0.2) is 0 Å². The van der Waals surface area contributed by atoms with E-state index in [1.165, 1.54) is 31.4 Å². The summed E-state index contributed by atoms with van der Waals surface area (Å²) in [4.78, 5) is 0. The van der Waals surface area contributed by atoms with Crippen molar-refractivity contribution in [2.75, 3.05) is 0 Å². The Kier molecular flexibility index (Phi) is 3.05. The fourth-order valence-corrected chi connectivity index (χ4v) is 2.45. The summed E-state index contributed by atoms with van der Waals surface area (Å²) < 4.78 is 1.97. The molecule has 0 atom stereocenters. The third-order valence-corrected chi connectivity index (χ3v) is 3.19. The Morgan fingerprint density at radius 3 is 2.60 bits per heavy atom. The topological polar surface area (TPSA) is 50.9 Å². The summed E-state index contributed by atoms with van der Waals surface area (Å²) in [6.45, 7) is 4.22. The van der Waals surface area contributed by atoms with E-state index in [0.29, 0.717) is 12.0 Å². The van der Waals surface area contributed by atoms with Gasteiger partial charge in [-0.3, -0.25) is 0 Å². The molecule has 2 rings (SSSR count). The molecule has 1 aliphatic rings. The van der Waals surface area contributed by atoms with Crippen molar-refractivity contribution in [3.8, 4) is 0 Å². The predicted octanol–water partition coefficient (Wildman–Crippen LogP) is 2.01. The van der Waals surface area contributed by atoms with Crippen LogP contribution in [0.1, 0.15) is 62.9 Å². The van der Waals surface area contributed by atoms with Crippen LogP contribution >= 0.6 is 0 Å². The molecule has 1 aromatic heterocycles. The molecule has 1 fully saturated rings. The molecule has 0 bridgehead atoms. The zero-order valence-corrected chi connectivity index (χ0v) is 9.48. The van der Waals surface area contributed by atoms with Gasteiger partial charge < -0.3 is 5.11 Å². The largest absolute Gasteiger partial charge is 0.390 e. The Morgan fingerprint density at radius 1 is 1.40 bits per heavy atom. The first-order valence-corrected chi connectivity index (χ1v) is 5.79. The molecule has 0 radical (unpaired) electrons. The minimum Gasteiger partial charge on any atom is -0.390 e. The van der Waals surface area contributed by atoms with Gasteiger partial charge in [-0.05, 0) is 26.7 Å². The normalized spacial score (nSPS) is 17.9. The van der Waals surface area contributed by atoms with Crippen LogP contribution in [0, 0.1) is 0 Å². The monoisotopic (exact) mass is 209 g/mol. The van der Waals surface area contributed by atoms with Crippen molar-refractivity contribution in [1.29, 1.82) is 0 Å². The van der Waals surface area contributed by atoms with E-state index in [-0.39, 0.29) is 6.61 Å². The van der Waals surface area contributed by atoms with Gasteiger partial charge in [0.15, 0.2) is 0 Å². The lowest BCUT2D eigenvalue weighted by molar-refractivity contribution is 0.274. The van der Waals surface area contributed by atoms with Crippen LogP contribution in [0.3, 0.4) is 0 Å². The molecule has 84 valence electrons. The lowest BCUT2D eigenvalue weighted by atomic mass is 10.0. The molecule has 4 heteroatoms. The van der Waals surface area contributed by atoms with Gasteiger partial charge in [-0.25, -0.2) is 4.68 Å². The maximum absolute atomic E-state index is 9.26. The molecule has 0 amide bonds. The van der Waals surface area contributed by atoms with Crippen LogP contribution in [0.4, 0.5) is 0 Å². The van der Waals surface area contributed by atoms with Crippen LogP contribution < -0.4 is 0 Å². The number of rotatable bonds is 3. The van der Waals surface area contributed by atoms with Gasteiger partial charge in [0, 0.05) is 12.0 Å². The summed E-state index contributed by atoms with van der Waals surface area (Å²) in [7, 11) is 0. The molecule has 0 aromatic carbocycles. The summed E-state index contributed by atoms with van der Waals surface area (Å²) in [6.07, 6.45) is 5.01. The zero-order chi connectivity index (χ0) is 10.8. The number of aromatic nitrogens is 3. The molecule has 1 aromatic rings. The van der Waals surface area contributed by atoms with Gasteiger partial charge in [0.2, 0.25) is 0 Å². The quantitative estimate of drug-likeness (QED) is 0.828. The Hall–Kier alpha value is -0.900. The first-order valence-electron chi connectivity index (χ1n) is 5.79. The van der Waals surface area contributed by atoms with E-state index in [1.54, 1.807) is 0 Å². The fraction of sp³-hybridized carbons (Fsp3) is 0.818. The fourth-order valence-electron chi connectivity index (χ4n) is 2.45. The third kappa shape index (κ3) is 1.91. The first-order chi connectivity index (χ1) is 7.24. The van der Waals surface area contributed by atoms with Crippen LogP contribution in [-0.4, -0.2) is 20.1 Å². The van der Waals surface area contributed by atoms with E-state index >= 15 is 0 Å². The number of nitrogens with zero attached hydrogens (tertiary/aromatic N) is 3. The summed E-state index contributed by atoms with van der Waals surface area (Å²) in [5.74, 6) is 0.560. The van der Waals surface area contributed by atoms with Gasteiger partial charge in [0.25, 0.3) is 0 Å². The summed E-state index contributed by atoms with van der Waals surface area (Å²) in [6, 6.07) is 0.327. The number of hydrogen-bond acceptors (Lipinski definition) is 3. The Morgan fingerprint density at radius 2 is 2.07 bits per heavy atom. The molecular formula is C11H19N3O. The summed E-state index contributed by atoms with van der Waals surface area (Å²) in [5, 5.41) is 17.5. The highest BCUT2D eigenvalue weighted by Gasteiger charge is 2.25. The Labute approximate surface area is 90.3 Å². The van der Waals surface area contributed by atoms with Gasteiger partial charge >= 0.3 is 0 Å². The lowest BCUT2D eigenvalue weighted by Gasteiger charge is -2.15. The van der Waals surface area contributed by atoms with Gasteiger partial charge in [-0.1, -0.05) is 18.1 Å². The standard InChI is InChI=1S/C11H19N3O/c1-8(2)14-11(9-5-3-4-6-9)10(7-15)12-13-14/h8-9,15H,3-7H2,1-2H3. The van der Waals surface area contributed by atoms with E-state index in [1.807, 2.05) is 4.68 Å². The molecule has 4 nitrogen and oxygen atoms in total. The minimum atomic E-state index is 0.0125. The molecule has 1 saturated carbocycles. The van der Waals surface area contributed by atoms with Gasteiger partial charge in [-0.15, -0.1) is 5.10 Å². The maximum atomic E-state index is 9.26. The summed E-state index contributed by atoms with van der Waals surface area (Å²) >= 11 is 0. The van der Waals surface area contributed by atoms with Crippen LogP contribution in [-0.2, 0) is 6.61 Å². The third-order valence-electron chi connectivity index (χ3n) is 3.19. The van der Waals surface area contributed by atoms with Gasteiger partial charge in [0.1, 0.15) is 5.69 Å². The second-order valence-electron chi connectivity index (χ2n) is 4.60. The maximum Gasteiger partial charge on any atom is 0.112 e. The van der Waals surface area contributed by atoms with Crippen molar-refractivity contribution in [3.05, 3.63) is 11.4 Å². The predicted molar refractivity (Wildman–Crippen MR) is 57.5 cm³/mol. The SMILES string of the molecule is CC(C)n1nnc(CO)c1C1CCCC1. The van der Waals surface area contributed by atoms with E-state index in [9.17, 15) is 5.11 Å². The second kappa shape index (κ2) is 4.31. The van der Waals surface area contributed by atoms with Crippen molar-refractivity contribution < 1.29 is 5.11 Å². The Balaban J connectivity index is 2.35. The molecule has 1 aliphatic carbocycles. The highest BCUT2D eigenvalue weighted by molar-refractivity contribution is 5.16.